The van der Waals surface area contributed by atoms with E-state index in [4.69, 9.17) is 0 Å². The summed E-state index contributed by atoms with van der Waals surface area (Å²) in [5, 5.41) is 3.76. The van der Waals surface area contributed by atoms with Gasteiger partial charge in [0.2, 0.25) is 0 Å². The van der Waals surface area contributed by atoms with Gasteiger partial charge in [0.15, 0.2) is 0 Å². The Kier molecular flexibility index (Phi) is 4.24. The molecule has 0 radical (unpaired) electrons. The van der Waals surface area contributed by atoms with Gasteiger partial charge in [0.25, 0.3) is 0 Å². The first-order chi connectivity index (χ1) is 6.19. The first kappa shape index (κ1) is 11.0. The Bertz CT molecular complexity index is 144. The Hall–Kier alpha value is -0.0400. The highest BCUT2D eigenvalue weighted by Gasteiger charge is 2.31. The van der Waals surface area contributed by atoms with E-state index in [2.05, 4.69) is 33.0 Å². The van der Waals surface area contributed by atoms with Crippen molar-refractivity contribution < 1.29 is 0 Å². The zero-order valence-corrected chi connectivity index (χ0v) is 9.64. The molecule has 78 valence electrons. The van der Waals surface area contributed by atoms with Crippen LogP contribution in [0.15, 0.2) is 0 Å². The summed E-state index contributed by atoms with van der Waals surface area (Å²) in [4.78, 5) is 0. The molecule has 1 fully saturated rings. The van der Waals surface area contributed by atoms with Crippen LogP contribution in [0.25, 0.3) is 0 Å². The average Bonchev–Trinajstić information content (AvgIpc) is 2.46. The van der Waals surface area contributed by atoms with Crippen LogP contribution < -0.4 is 5.32 Å². The molecule has 0 spiro atoms. The quantitative estimate of drug-likeness (QED) is 0.706. The van der Waals surface area contributed by atoms with Crippen molar-refractivity contribution in [2.45, 2.75) is 65.5 Å². The van der Waals surface area contributed by atoms with Gasteiger partial charge in [-0.25, -0.2) is 0 Å². The Morgan fingerprint density at radius 3 is 2.54 bits per heavy atom. The molecule has 4 atom stereocenters. The topological polar surface area (TPSA) is 12.0 Å². The van der Waals surface area contributed by atoms with E-state index in [9.17, 15) is 0 Å². The van der Waals surface area contributed by atoms with Gasteiger partial charge in [-0.1, -0.05) is 27.2 Å². The maximum absolute atomic E-state index is 3.76. The van der Waals surface area contributed by atoms with Crippen molar-refractivity contribution in [3.05, 3.63) is 0 Å². The molecule has 1 rings (SSSR count). The fourth-order valence-electron chi connectivity index (χ4n) is 2.64. The third kappa shape index (κ3) is 2.70. The van der Waals surface area contributed by atoms with E-state index in [-0.39, 0.29) is 0 Å². The highest BCUT2D eigenvalue weighted by atomic mass is 15.0. The molecule has 1 nitrogen and oxygen atoms in total. The van der Waals surface area contributed by atoms with E-state index in [0.29, 0.717) is 6.04 Å². The molecule has 0 amide bonds. The third-order valence-corrected chi connectivity index (χ3v) is 3.76. The maximum Gasteiger partial charge on any atom is 0.0100 e. The van der Waals surface area contributed by atoms with Gasteiger partial charge in [-0.05, 0) is 38.0 Å². The molecule has 0 aromatic rings. The van der Waals surface area contributed by atoms with Crippen molar-refractivity contribution in [3.8, 4) is 0 Å². The van der Waals surface area contributed by atoms with Crippen molar-refractivity contribution in [2.24, 2.45) is 11.8 Å². The van der Waals surface area contributed by atoms with Gasteiger partial charge in [-0.15, -0.1) is 0 Å². The summed E-state index contributed by atoms with van der Waals surface area (Å²) >= 11 is 0. The molecule has 13 heavy (non-hydrogen) atoms. The van der Waals surface area contributed by atoms with Crippen molar-refractivity contribution in [2.75, 3.05) is 0 Å². The number of hydrogen-bond donors (Lipinski definition) is 1. The van der Waals surface area contributed by atoms with Gasteiger partial charge < -0.3 is 5.32 Å². The van der Waals surface area contributed by atoms with E-state index in [1.165, 1.54) is 25.7 Å². The van der Waals surface area contributed by atoms with Crippen LogP contribution in [-0.4, -0.2) is 12.1 Å². The molecule has 0 bridgehead atoms. The fourth-order valence-corrected chi connectivity index (χ4v) is 2.64. The lowest BCUT2D eigenvalue weighted by molar-refractivity contribution is 0.310. The van der Waals surface area contributed by atoms with E-state index >= 15 is 0 Å². The van der Waals surface area contributed by atoms with Crippen molar-refractivity contribution >= 4 is 0 Å². The molecule has 1 aliphatic carbocycles. The van der Waals surface area contributed by atoms with E-state index in [0.717, 1.165) is 17.9 Å². The van der Waals surface area contributed by atoms with Gasteiger partial charge in [0, 0.05) is 12.1 Å². The molecule has 0 heterocycles. The summed E-state index contributed by atoms with van der Waals surface area (Å²) in [5.41, 5.74) is 0. The van der Waals surface area contributed by atoms with Crippen LogP contribution in [0.3, 0.4) is 0 Å². The first-order valence-corrected chi connectivity index (χ1v) is 5.95. The summed E-state index contributed by atoms with van der Waals surface area (Å²) in [6.07, 6.45) is 5.41. The summed E-state index contributed by atoms with van der Waals surface area (Å²) in [5.74, 6) is 1.86. The second-order valence-electron chi connectivity index (χ2n) is 4.71. The highest BCUT2D eigenvalue weighted by Crippen LogP contribution is 2.34. The Labute approximate surface area is 83.3 Å². The largest absolute Gasteiger partial charge is 0.311 e. The van der Waals surface area contributed by atoms with Crippen molar-refractivity contribution in [3.63, 3.8) is 0 Å². The second-order valence-corrected chi connectivity index (χ2v) is 4.71. The summed E-state index contributed by atoms with van der Waals surface area (Å²) in [6.45, 7) is 9.30. The molecule has 1 saturated carbocycles. The predicted molar refractivity (Wildman–Crippen MR) is 58.9 cm³/mol. The van der Waals surface area contributed by atoms with Gasteiger partial charge in [-0.3, -0.25) is 0 Å². The standard InChI is InChI=1S/C12H25N/c1-5-10(4)13-12-8-7-9(3)11(12)6-2/h9-13H,5-8H2,1-4H3. The molecule has 1 N–H and O–H groups in total. The monoisotopic (exact) mass is 183 g/mol. The van der Waals surface area contributed by atoms with Crippen LogP contribution >= 0.6 is 0 Å². The molecular weight excluding hydrogens is 158 g/mol. The predicted octanol–water partition coefficient (Wildman–Crippen LogP) is 3.20. The van der Waals surface area contributed by atoms with Crippen LogP contribution in [0.4, 0.5) is 0 Å². The summed E-state index contributed by atoms with van der Waals surface area (Å²) in [6, 6.07) is 1.50. The highest BCUT2D eigenvalue weighted by molar-refractivity contribution is 4.87. The molecule has 0 aliphatic heterocycles. The van der Waals surface area contributed by atoms with Gasteiger partial charge in [0.1, 0.15) is 0 Å². The van der Waals surface area contributed by atoms with Crippen LogP contribution in [0.5, 0.6) is 0 Å². The average molecular weight is 183 g/mol. The minimum atomic E-state index is 0.698. The smallest absolute Gasteiger partial charge is 0.0100 e. The molecular formula is C12H25N. The summed E-state index contributed by atoms with van der Waals surface area (Å²) in [7, 11) is 0. The zero-order valence-electron chi connectivity index (χ0n) is 9.64. The van der Waals surface area contributed by atoms with Crippen LogP contribution in [0.1, 0.15) is 53.4 Å². The maximum atomic E-state index is 3.76. The number of rotatable bonds is 4. The third-order valence-electron chi connectivity index (χ3n) is 3.76. The number of nitrogens with one attached hydrogen (secondary N) is 1. The van der Waals surface area contributed by atoms with Gasteiger partial charge in [0.05, 0.1) is 0 Å². The first-order valence-electron chi connectivity index (χ1n) is 5.95. The Morgan fingerprint density at radius 1 is 1.31 bits per heavy atom. The number of hydrogen-bond acceptors (Lipinski definition) is 1. The van der Waals surface area contributed by atoms with E-state index in [1.807, 2.05) is 0 Å². The summed E-state index contributed by atoms with van der Waals surface area (Å²) < 4.78 is 0. The molecule has 1 heteroatoms. The van der Waals surface area contributed by atoms with Crippen LogP contribution in [0, 0.1) is 11.8 Å². The van der Waals surface area contributed by atoms with Crippen molar-refractivity contribution in [1.29, 1.82) is 0 Å². The minimum absolute atomic E-state index is 0.698. The molecule has 0 saturated heterocycles. The Balaban J connectivity index is 2.41. The van der Waals surface area contributed by atoms with E-state index in [1.54, 1.807) is 0 Å². The lowest BCUT2D eigenvalue weighted by Crippen LogP contribution is -2.39. The fraction of sp³-hybridized carbons (Fsp3) is 1.00. The molecule has 1 aliphatic rings. The minimum Gasteiger partial charge on any atom is -0.311 e. The van der Waals surface area contributed by atoms with Gasteiger partial charge >= 0.3 is 0 Å². The van der Waals surface area contributed by atoms with Crippen LogP contribution in [-0.2, 0) is 0 Å². The van der Waals surface area contributed by atoms with Crippen molar-refractivity contribution in [1.82, 2.24) is 5.32 Å². The normalized spacial score (nSPS) is 36.5. The molecule has 0 aromatic heterocycles. The molecule has 0 aromatic carbocycles. The molecule has 4 unspecified atom stereocenters. The Morgan fingerprint density at radius 2 is 2.00 bits per heavy atom. The van der Waals surface area contributed by atoms with Crippen LogP contribution in [0.2, 0.25) is 0 Å². The lowest BCUT2D eigenvalue weighted by Gasteiger charge is -2.25. The van der Waals surface area contributed by atoms with E-state index < -0.39 is 0 Å². The lowest BCUT2D eigenvalue weighted by atomic mass is 9.92. The SMILES string of the molecule is CCC(C)NC1CCC(C)C1CC. The van der Waals surface area contributed by atoms with Gasteiger partial charge in [-0.2, -0.15) is 0 Å². The second kappa shape index (κ2) is 4.99. The zero-order chi connectivity index (χ0) is 9.84.